The fraction of sp³-hybridized carbons (Fsp3) is 0. The minimum absolute atomic E-state index is 0.00337. The van der Waals surface area contributed by atoms with Crippen LogP contribution in [0.2, 0.25) is 15.1 Å². The zero-order valence-electron chi connectivity index (χ0n) is 10.1. The van der Waals surface area contributed by atoms with Crippen molar-refractivity contribution in [2.24, 2.45) is 0 Å². The molecular formula is C13H5Cl3N2O3. The Morgan fingerprint density at radius 2 is 1.86 bits per heavy atom. The highest BCUT2D eigenvalue weighted by Crippen LogP contribution is 2.38. The Morgan fingerprint density at radius 1 is 1.14 bits per heavy atom. The van der Waals surface area contributed by atoms with Crippen LogP contribution in [0.1, 0.15) is 5.56 Å². The van der Waals surface area contributed by atoms with Gasteiger partial charge in [-0.05, 0) is 12.1 Å². The predicted octanol–water partition coefficient (Wildman–Crippen LogP) is 5.22. The van der Waals surface area contributed by atoms with Gasteiger partial charge in [0.2, 0.25) is 0 Å². The molecule has 0 bridgehead atoms. The number of ether oxygens (including phenoxy) is 1. The highest BCUT2D eigenvalue weighted by Gasteiger charge is 2.15. The molecule has 0 radical (unpaired) electrons. The standard InChI is InChI=1S/C13H5Cl3N2O3/c14-8-4-10(15)13(16)12(5-8)21-11-2-1-9(18(19)20)3-7(11)6-17/h1-5H. The van der Waals surface area contributed by atoms with Gasteiger partial charge in [-0.2, -0.15) is 5.26 Å². The van der Waals surface area contributed by atoms with Crippen LogP contribution in [-0.2, 0) is 0 Å². The first-order chi connectivity index (χ1) is 9.92. The van der Waals surface area contributed by atoms with Crippen LogP contribution in [-0.4, -0.2) is 4.92 Å². The monoisotopic (exact) mass is 342 g/mol. The predicted molar refractivity (Wildman–Crippen MR) is 79.4 cm³/mol. The molecule has 0 unspecified atom stereocenters. The molecule has 0 saturated carbocycles. The Hall–Kier alpha value is -2.00. The summed E-state index contributed by atoms with van der Waals surface area (Å²) in [5.41, 5.74) is -0.217. The van der Waals surface area contributed by atoms with E-state index in [9.17, 15) is 10.1 Å². The number of non-ortho nitro benzene ring substituents is 1. The lowest BCUT2D eigenvalue weighted by Crippen LogP contribution is -1.93. The average molecular weight is 344 g/mol. The summed E-state index contributed by atoms with van der Waals surface area (Å²) in [6.07, 6.45) is 0. The van der Waals surface area contributed by atoms with Gasteiger partial charge in [-0.1, -0.05) is 34.8 Å². The second-order valence-corrected chi connectivity index (χ2v) is 5.07. The summed E-state index contributed by atoms with van der Waals surface area (Å²) in [4.78, 5) is 10.1. The zero-order valence-corrected chi connectivity index (χ0v) is 12.4. The van der Waals surface area contributed by atoms with Crippen LogP contribution in [0, 0.1) is 21.4 Å². The first-order valence-corrected chi connectivity index (χ1v) is 6.56. The molecule has 0 saturated heterocycles. The van der Waals surface area contributed by atoms with E-state index < -0.39 is 4.92 Å². The average Bonchev–Trinajstić information content (AvgIpc) is 2.44. The van der Waals surface area contributed by atoms with E-state index in [1.54, 1.807) is 0 Å². The number of halogens is 3. The summed E-state index contributed by atoms with van der Waals surface area (Å²) in [6, 6.07) is 8.33. The molecule has 0 fully saturated rings. The van der Waals surface area contributed by atoms with E-state index in [-0.39, 0.29) is 32.8 Å². The molecule has 0 atom stereocenters. The van der Waals surface area contributed by atoms with Gasteiger partial charge in [0.15, 0.2) is 0 Å². The molecule has 2 rings (SSSR count). The molecule has 106 valence electrons. The van der Waals surface area contributed by atoms with Crippen molar-refractivity contribution in [2.75, 3.05) is 0 Å². The van der Waals surface area contributed by atoms with Crippen LogP contribution in [0.25, 0.3) is 0 Å². The highest BCUT2D eigenvalue weighted by atomic mass is 35.5. The van der Waals surface area contributed by atoms with Crippen LogP contribution in [0.4, 0.5) is 5.69 Å². The third kappa shape index (κ3) is 3.37. The minimum Gasteiger partial charge on any atom is -0.454 e. The second-order valence-electron chi connectivity index (χ2n) is 3.85. The number of hydrogen-bond donors (Lipinski definition) is 0. The number of rotatable bonds is 3. The first kappa shape index (κ1) is 15.4. The number of hydrogen-bond acceptors (Lipinski definition) is 4. The number of nitriles is 1. The van der Waals surface area contributed by atoms with Gasteiger partial charge >= 0.3 is 0 Å². The third-order valence-electron chi connectivity index (χ3n) is 2.47. The molecule has 21 heavy (non-hydrogen) atoms. The van der Waals surface area contributed by atoms with Gasteiger partial charge in [0.05, 0.1) is 9.95 Å². The van der Waals surface area contributed by atoms with Crippen LogP contribution in [0.15, 0.2) is 30.3 Å². The zero-order chi connectivity index (χ0) is 15.6. The molecule has 8 heteroatoms. The van der Waals surface area contributed by atoms with Gasteiger partial charge in [-0.25, -0.2) is 0 Å². The molecule has 0 aliphatic heterocycles. The Bertz CT molecular complexity index is 772. The maximum absolute atomic E-state index is 10.7. The van der Waals surface area contributed by atoms with Gasteiger partial charge in [-0.3, -0.25) is 10.1 Å². The minimum atomic E-state index is -0.603. The highest BCUT2D eigenvalue weighted by molar-refractivity contribution is 6.44. The molecule has 0 spiro atoms. The molecule has 2 aromatic rings. The van der Waals surface area contributed by atoms with Crippen molar-refractivity contribution < 1.29 is 9.66 Å². The van der Waals surface area contributed by atoms with Crippen LogP contribution in [0.3, 0.4) is 0 Å². The van der Waals surface area contributed by atoms with Crippen molar-refractivity contribution in [3.63, 3.8) is 0 Å². The lowest BCUT2D eigenvalue weighted by Gasteiger charge is -2.10. The molecule has 0 aliphatic rings. The summed E-state index contributed by atoms with van der Waals surface area (Å²) in [7, 11) is 0. The fourth-order valence-corrected chi connectivity index (χ4v) is 2.16. The smallest absolute Gasteiger partial charge is 0.271 e. The molecule has 0 aromatic heterocycles. The normalized spacial score (nSPS) is 10.0. The van der Waals surface area contributed by atoms with Gasteiger partial charge in [0, 0.05) is 23.2 Å². The molecule has 0 aliphatic carbocycles. The largest absolute Gasteiger partial charge is 0.454 e. The number of benzene rings is 2. The van der Waals surface area contributed by atoms with E-state index in [2.05, 4.69) is 0 Å². The van der Waals surface area contributed by atoms with Gasteiger partial charge in [0.25, 0.3) is 5.69 Å². The van der Waals surface area contributed by atoms with E-state index in [0.717, 1.165) is 6.07 Å². The quantitative estimate of drug-likeness (QED) is 0.435. The Morgan fingerprint density at radius 3 is 2.48 bits per heavy atom. The Labute approximate surface area is 134 Å². The van der Waals surface area contributed by atoms with E-state index in [1.165, 1.54) is 24.3 Å². The topological polar surface area (TPSA) is 76.2 Å². The number of nitro groups is 1. The van der Waals surface area contributed by atoms with E-state index in [4.69, 9.17) is 44.8 Å². The summed E-state index contributed by atoms with van der Waals surface area (Å²) < 4.78 is 5.48. The lowest BCUT2D eigenvalue weighted by atomic mass is 10.2. The molecular weight excluding hydrogens is 339 g/mol. The van der Waals surface area contributed by atoms with Crippen molar-refractivity contribution in [2.45, 2.75) is 0 Å². The molecule has 0 heterocycles. The summed E-state index contributed by atoms with van der Waals surface area (Å²) in [6.45, 7) is 0. The molecule has 0 amide bonds. The molecule has 0 N–H and O–H groups in total. The Kier molecular flexibility index (Phi) is 4.53. The van der Waals surface area contributed by atoms with E-state index in [1.807, 2.05) is 6.07 Å². The fourth-order valence-electron chi connectivity index (χ4n) is 1.53. The maximum Gasteiger partial charge on any atom is 0.271 e. The summed E-state index contributed by atoms with van der Waals surface area (Å²) in [5.74, 6) is 0.267. The Balaban J connectivity index is 2.45. The van der Waals surface area contributed by atoms with Crippen molar-refractivity contribution in [3.05, 3.63) is 61.1 Å². The van der Waals surface area contributed by atoms with Crippen LogP contribution < -0.4 is 4.74 Å². The van der Waals surface area contributed by atoms with E-state index in [0.29, 0.717) is 5.02 Å². The van der Waals surface area contributed by atoms with Gasteiger partial charge in [-0.15, -0.1) is 0 Å². The number of nitro benzene ring substituents is 1. The van der Waals surface area contributed by atoms with E-state index >= 15 is 0 Å². The van der Waals surface area contributed by atoms with Gasteiger partial charge in [0.1, 0.15) is 28.2 Å². The van der Waals surface area contributed by atoms with Crippen LogP contribution in [0.5, 0.6) is 11.5 Å². The van der Waals surface area contributed by atoms with Crippen molar-refractivity contribution >= 4 is 40.5 Å². The van der Waals surface area contributed by atoms with Crippen molar-refractivity contribution in [3.8, 4) is 17.6 Å². The molecule has 2 aromatic carbocycles. The SMILES string of the molecule is N#Cc1cc([N+](=O)[O-])ccc1Oc1cc(Cl)cc(Cl)c1Cl. The summed E-state index contributed by atoms with van der Waals surface area (Å²) in [5, 5.41) is 20.4. The van der Waals surface area contributed by atoms with Crippen molar-refractivity contribution in [1.29, 1.82) is 5.26 Å². The van der Waals surface area contributed by atoms with Gasteiger partial charge < -0.3 is 4.74 Å². The first-order valence-electron chi connectivity index (χ1n) is 5.43. The second kappa shape index (κ2) is 6.19. The lowest BCUT2D eigenvalue weighted by molar-refractivity contribution is -0.384. The van der Waals surface area contributed by atoms with Crippen LogP contribution >= 0.6 is 34.8 Å². The third-order valence-corrected chi connectivity index (χ3v) is 3.48. The summed E-state index contributed by atoms with van der Waals surface area (Å²) >= 11 is 17.7. The number of nitrogens with zero attached hydrogens (tertiary/aromatic N) is 2. The van der Waals surface area contributed by atoms with Crippen molar-refractivity contribution in [1.82, 2.24) is 0 Å². The molecule has 5 nitrogen and oxygen atoms in total. The maximum atomic E-state index is 10.7.